The van der Waals surface area contributed by atoms with Crippen molar-refractivity contribution < 1.29 is 4.74 Å². The number of H-pyrrole nitrogens is 1. The molecule has 6 heteroatoms. The number of rotatable bonds is 5. The molecule has 2 heterocycles. The van der Waals surface area contributed by atoms with Crippen molar-refractivity contribution in [2.75, 3.05) is 19.7 Å². The van der Waals surface area contributed by atoms with Gasteiger partial charge in [-0.1, -0.05) is 30.1 Å². The zero-order chi connectivity index (χ0) is 16.4. The molecule has 0 saturated carbocycles. The summed E-state index contributed by atoms with van der Waals surface area (Å²) in [6.45, 7) is 7.74. The van der Waals surface area contributed by atoms with Crippen molar-refractivity contribution in [2.24, 2.45) is 0 Å². The quantitative estimate of drug-likeness (QED) is 0.856. The molecule has 23 heavy (non-hydrogen) atoms. The molecule has 0 unspecified atom stereocenters. The van der Waals surface area contributed by atoms with E-state index in [9.17, 15) is 0 Å². The lowest BCUT2D eigenvalue weighted by Gasteiger charge is -2.26. The maximum Gasteiger partial charge on any atom is 0.156 e. The summed E-state index contributed by atoms with van der Waals surface area (Å²) < 4.78 is 5.50. The Kier molecular flexibility index (Phi) is 5.14. The fourth-order valence-corrected chi connectivity index (χ4v) is 3.67. The van der Waals surface area contributed by atoms with E-state index in [2.05, 4.69) is 22.0 Å². The maximum absolute atomic E-state index is 6.33. The largest absolute Gasteiger partial charge is 0.491 e. The van der Waals surface area contributed by atoms with Crippen LogP contribution in [0.15, 0.2) is 12.1 Å². The summed E-state index contributed by atoms with van der Waals surface area (Å²) in [6.07, 6.45) is 2.16. The topological polar surface area (TPSA) is 41.2 Å². The molecule has 0 atom stereocenters. The van der Waals surface area contributed by atoms with E-state index in [1.807, 2.05) is 19.1 Å². The first kappa shape index (κ1) is 16.6. The molecular formula is C17H21Cl2N3O. The molecule has 1 aromatic carbocycles. The standard InChI is InChI=1S/C17H21Cl2N3O/c1-3-6-22-7-5-15-12(10-22)16(21-20-15)11-8-13(18)17(23-4-2)14(19)9-11/h8-9H,3-7,10H2,1-2H3,(H,20,21). The number of aromatic amines is 1. The first-order valence-corrected chi connectivity index (χ1v) is 8.80. The minimum atomic E-state index is 0.521. The number of hydrogen-bond donors (Lipinski definition) is 1. The first-order valence-electron chi connectivity index (χ1n) is 8.04. The molecule has 0 saturated heterocycles. The molecule has 1 aromatic heterocycles. The van der Waals surface area contributed by atoms with Gasteiger partial charge in [-0.3, -0.25) is 10.00 Å². The molecule has 1 aliphatic rings. The van der Waals surface area contributed by atoms with Gasteiger partial charge >= 0.3 is 0 Å². The van der Waals surface area contributed by atoms with Crippen LogP contribution in [0.1, 0.15) is 31.5 Å². The monoisotopic (exact) mass is 353 g/mol. The summed E-state index contributed by atoms with van der Waals surface area (Å²) in [5.41, 5.74) is 4.33. The molecule has 4 nitrogen and oxygen atoms in total. The van der Waals surface area contributed by atoms with Gasteiger partial charge in [0, 0.05) is 36.3 Å². The average Bonchev–Trinajstić information content (AvgIpc) is 2.94. The molecular weight excluding hydrogens is 333 g/mol. The summed E-state index contributed by atoms with van der Waals surface area (Å²) >= 11 is 12.7. The van der Waals surface area contributed by atoms with Crippen molar-refractivity contribution in [2.45, 2.75) is 33.2 Å². The van der Waals surface area contributed by atoms with Gasteiger partial charge in [-0.05, 0) is 32.0 Å². The second-order valence-electron chi connectivity index (χ2n) is 5.76. The van der Waals surface area contributed by atoms with Gasteiger partial charge in [-0.15, -0.1) is 0 Å². The highest BCUT2D eigenvalue weighted by molar-refractivity contribution is 6.37. The van der Waals surface area contributed by atoms with Gasteiger partial charge in [0.2, 0.25) is 0 Å². The van der Waals surface area contributed by atoms with Crippen LogP contribution < -0.4 is 4.74 Å². The Hall–Kier alpha value is -1.23. The van der Waals surface area contributed by atoms with Crippen molar-refractivity contribution in [3.63, 3.8) is 0 Å². The van der Waals surface area contributed by atoms with Gasteiger partial charge < -0.3 is 4.74 Å². The number of ether oxygens (including phenoxy) is 1. The predicted octanol–water partition coefficient (Wildman–Crippen LogP) is 4.55. The Balaban J connectivity index is 1.96. The zero-order valence-corrected chi connectivity index (χ0v) is 15.0. The van der Waals surface area contributed by atoms with E-state index in [-0.39, 0.29) is 0 Å². The van der Waals surface area contributed by atoms with Crippen LogP contribution in [-0.4, -0.2) is 34.8 Å². The second kappa shape index (κ2) is 7.12. The average molecular weight is 354 g/mol. The Morgan fingerprint density at radius 2 is 2.00 bits per heavy atom. The molecule has 124 valence electrons. The number of benzene rings is 1. The molecule has 0 radical (unpaired) electrons. The van der Waals surface area contributed by atoms with E-state index in [0.29, 0.717) is 22.4 Å². The Morgan fingerprint density at radius 3 is 2.65 bits per heavy atom. The predicted molar refractivity (Wildman–Crippen MR) is 94.5 cm³/mol. The molecule has 3 rings (SSSR count). The van der Waals surface area contributed by atoms with E-state index in [4.69, 9.17) is 27.9 Å². The first-order chi connectivity index (χ1) is 11.1. The number of fused-ring (bicyclic) bond motifs is 1. The van der Waals surface area contributed by atoms with Gasteiger partial charge in [0.15, 0.2) is 5.75 Å². The Morgan fingerprint density at radius 1 is 1.26 bits per heavy atom. The number of aromatic nitrogens is 2. The van der Waals surface area contributed by atoms with Crippen LogP contribution in [0.5, 0.6) is 5.75 Å². The molecule has 0 aliphatic carbocycles. The van der Waals surface area contributed by atoms with E-state index in [0.717, 1.165) is 43.7 Å². The third kappa shape index (κ3) is 3.35. The fourth-order valence-electron chi connectivity index (χ4n) is 3.08. The van der Waals surface area contributed by atoms with Crippen LogP contribution in [0.25, 0.3) is 11.3 Å². The molecule has 1 aliphatic heterocycles. The van der Waals surface area contributed by atoms with Crippen LogP contribution in [0.2, 0.25) is 10.0 Å². The van der Waals surface area contributed by atoms with Crippen LogP contribution in [0.3, 0.4) is 0 Å². The third-order valence-electron chi connectivity index (χ3n) is 4.11. The molecule has 0 spiro atoms. The smallest absolute Gasteiger partial charge is 0.156 e. The van der Waals surface area contributed by atoms with E-state index in [1.54, 1.807) is 0 Å². The van der Waals surface area contributed by atoms with Crippen molar-refractivity contribution >= 4 is 23.2 Å². The fraction of sp³-hybridized carbons (Fsp3) is 0.471. The number of nitrogens with zero attached hydrogens (tertiary/aromatic N) is 2. The highest BCUT2D eigenvalue weighted by Gasteiger charge is 2.23. The molecule has 2 aromatic rings. The molecule has 1 N–H and O–H groups in total. The van der Waals surface area contributed by atoms with Crippen LogP contribution >= 0.6 is 23.2 Å². The lowest BCUT2D eigenvalue weighted by molar-refractivity contribution is 0.254. The summed E-state index contributed by atoms with van der Waals surface area (Å²) in [4.78, 5) is 2.46. The van der Waals surface area contributed by atoms with Crippen molar-refractivity contribution in [3.05, 3.63) is 33.4 Å². The minimum absolute atomic E-state index is 0.521. The molecule has 0 bridgehead atoms. The number of hydrogen-bond acceptors (Lipinski definition) is 3. The third-order valence-corrected chi connectivity index (χ3v) is 4.67. The van der Waals surface area contributed by atoms with E-state index >= 15 is 0 Å². The van der Waals surface area contributed by atoms with Gasteiger partial charge in [-0.2, -0.15) is 5.10 Å². The van der Waals surface area contributed by atoms with Gasteiger partial charge in [0.1, 0.15) is 0 Å². The Bertz CT molecular complexity index is 676. The van der Waals surface area contributed by atoms with Crippen molar-refractivity contribution in [1.82, 2.24) is 15.1 Å². The van der Waals surface area contributed by atoms with E-state index < -0.39 is 0 Å². The number of halogens is 2. The summed E-state index contributed by atoms with van der Waals surface area (Å²) in [5, 5.41) is 8.72. The minimum Gasteiger partial charge on any atom is -0.491 e. The van der Waals surface area contributed by atoms with Crippen LogP contribution in [0, 0.1) is 0 Å². The SMILES string of the molecule is CCCN1CCc2[nH]nc(-c3cc(Cl)c(OCC)c(Cl)c3)c2C1. The van der Waals surface area contributed by atoms with Gasteiger partial charge in [-0.25, -0.2) is 0 Å². The molecule has 0 amide bonds. The summed E-state index contributed by atoms with van der Waals surface area (Å²) in [6, 6.07) is 3.77. The normalized spacial score (nSPS) is 14.8. The lowest BCUT2D eigenvalue weighted by atomic mass is 10.0. The molecule has 0 fully saturated rings. The van der Waals surface area contributed by atoms with E-state index in [1.165, 1.54) is 11.3 Å². The summed E-state index contributed by atoms with van der Waals surface area (Å²) in [7, 11) is 0. The Labute approximate surface area is 146 Å². The van der Waals surface area contributed by atoms with Crippen LogP contribution in [0.4, 0.5) is 0 Å². The van der Waals surface area contributed by atoms with Crippen molar-refractivity contribution in [1.29, 1.82) is 0 Å². The maximum atomic E-state index is 6.33. The second-order valence-corrected chi connectivity index (χ2v) is 6.57. The van der Waals surface area contributed by atoms with Crippen molar-refractivity contribution in [3.8, 4) is 17.0 Å². The van der Waals surface area contributed by atoms with Crippen LogP contribution in [-0.2, 0) is 13.0 Å². The number of nitrogens with one attached hydrogen (secondary N) is 1. The lowest BCUT2D eigenvalue weighted by Crippen LogP contribution is -2.31. The van der Waals surface area contributed by atoms with Gasteiger partial charge in [0.05, 0.1) is 22.3 Å². The zero-order valence-electron chi connectivity index (χ0n) is 13.5. The summed E-state index contributed by atoms with van der Waals surface area (Å²) in [5.74, 6) is 0.539. The van der Waals surface area contributed by atoms with Gasteiger partial charge in [0.25, 0.3) is 0 Å². The highest BCUT2D eigenvalue weighted by atomic mass is 35.5. The highest BCUT2D eigenvalue weighted by Crippen LogP contribution is 2.38.